The van der Waals surface area contributed by atoms with Crippen LogP contribution in [0.2, 0.25) is 0 Å². The van der Waals surface area contributed by atoms with Crippen molar-refractivity contribution in [3.63, 3.8) is 0 Å². The van der Waals surface area contributed by atoms with Crippen LogP contribution in [0.25, 0.3) is 0 Å². The van der Waals surface area contributed by atoms with Gasteiger partial charge >= 0.3 is 0 Å². The molecular formula is C16H18N2O3S. The van der Waals surface area contributed by atoms with Crippen molar-refractivity contribution in [2.24, 2.45) is 0 Å². The van der Waals surface area contributed by atoms with Crippen LogP contribution in [-0.4, -0.2) is 34.7 Å². The first-order valence-electron chi connectivity index (χ1n) is 6.66. The number of hydrogen-bond acceptors (Lipinski definition) is 4. The summed E-state index contributed by atoms with van der Waals surface area (Å²) in [5.41, 5.74) is 1.87. The first-order chi connectivity index (χ1) is 10.3. The van der Waals surface area contributed by atoms with Gasteiger partial charge in [-0.05, 0) is 36.4 Å². The van der Waals surface area contributed by atoms with E-state index >= 15 is 0 Å². The van der Waals surface area contributed by atoms with Gasteiger partial charge in [0, 0.05) is 37.3 Å². The van der Waals surface area contributed by atoms with E-state index in [0.717, 1.165) is 11.9 Å². The second-order valence-electron chi connectivity index (χ2n) is 5.20. The fourth-order valence-corrected chi connectivity index (χ4v) is 2.60. The zero-order chi connectivity index (χ0) is 16.3. The summed E-state index contributed by atoms with van der Waals surface area (Å²) in [4.78, 5) is 14.3. The number of nitrogens with one attached hydrogen (secondary N) is 1. The van der Waals surface area contributed by atoms with Gasteiger partial charge in [0.25, 0.3) is 5.91 Å². The fraction of sp³-hybridized carbons (Fsp3) is 0.188. The average Bonchev–Trinajstić information content (AvgIpc) is 2.46. The Balaban J connectivity index is 2.24. The highest BCUT2D eigenvalue weighted by Gasteiger charge is 2.11. The third-order valence-corrected chi connectivity index (χ3v) is 4.26. The maximum Gasteiger partial charge on any atom is 0.255 e. The SMILES string of the molecule is CN(C)c1cccc(C(=O)Nc2cccc(S(C)(=O)=O)c2)c1. The predicted molar refractivity (Wildman–Crippen MR) is 88.3 cm³/mol. The summed E-state index contributed by atoms with van der Waals surface area (Å²) in [6.07, 6.45) is 1.13. The number of sulfone groups is 1. The molecule has 116 valence electrons. The van der Waals surface area contributed by atoms with Crippen LogP contribution in [0.5, 0.6) is 0 Å². The Morgan fingerprint density at radius 2 is 1.73 bits per heavy atom. The number of carbonyl (C=O) groups is 1. The van der Waals surface area contributed by atoms with Crippen molar-refractivity contribution in [1.29, 1.82) is 0 Å². The van der Waals surface area contributed by atoms with Crippen LogP contribution in [-0.2, 0) is 9.84 Å². The van der Waals surface area contributed by atoms with Crippen LogP contribution in [0.15, 0.2) is 53.4 Å². The molecule has 0 aliphatic heterocycles. The van der Waals surface area contributed by atoms with E-state index in [1.807, 2.05) is 25.1 Å². The molecule has 0 aliphatic carbocycles. The summed E-state index contributed by atoms with van der Waals surface area (Å²) < 4.78 is 23.1. The van der Waals surface area contributed by atoms with Gasteiger partial charge in [0.15, 0.2) is 9.84 Å². The molecule has 2 rings (SSSR count). The topological polar surface area (TPSA) is 66.5 Å². The van der Waals surface area contributed by atoms with Gasteiger partial charge in [0.1, 0.15) is 0 Å². The molecule has 5 nitrogen and oxygen atoms in total. The van der Waals surface area contributed by atoms with Gasteiger partial charge in [-0.3, -0.25) is 4.79 Å². The zero-order valence-corrected chi connectivity index (χ0v) is 13.5. The summed E-state index contributed by atoms with van der Waals surface area (Å²) in [5, 5.41) is 2.71. The lowest BCUT2D eigenvalue weighted by Crippen LogP contribution is -2.14. The van der Waals surface area contributed by atoms with Gasteiger partial charge in [0.05, 0.1) is 4.90 Å². The highest BCUT2D eigenvalue weighted by Crippen LogP contribution is 2.18. The van der Waals surface area contributed by atoms with Gasteiger partial charge in [0.2, 0.25) is 0 Å². The first kappa shape index (κ1) is 16.0. The van der Waals surface area contributed by atoms with Crippen LogP contribution in [0.4, 0.5) is 11.4 Å². The number of carbonyl (C=O) groups excluding carboxylic acids is 1. The molecule has 0 radical (unpaired) electrons. The molecule has 0 unspecified atom stereocenters. The quantitative estimate of drug-likeness (QED) is 0.940. The first-order valence-corrected chi connectivity index (χ1v) is 8.55. The molecule has 1 N–H and O–H groups in total. The summed E-state index contributed by atoms with van der Waals surface area (Å²) >= 11 is 0. The fourth-order valence-electron chi connectivity index (χ4n) is 1.93. The molecule has 2 aromatic rings. The third kappa shape index (κ3) is 3.85. The van der Waals surface area contributed by atoms with E-state index < -0.39 is 9.84 Å². The van der Waals surface area contributed by atoms with Crippen molar-refractivity contribution in [3.8, 4) is 0 Å². The summed E-state index contributed by atoms with van der Waals surface area (Å²) in [6, 6.07) is 13.4. The summed E-state index contributed by atoms with van der Waals surface area (Å²) in [7, 11) is 0.489. The Kier molecular flexibility index (Phi) is 4.51. The molecule has 1 amide bonds. The normalized spacial score (nSPS) is 11.0. The zero-order valence-electron chi connectivity index (χ0n) is 12.7. The van der Waals surface area contributed by atoms with Gasteiger partial charge in [-0.25, -0.2) is 8.42 Å². The van der Waals surface area contributed by atoms with Crippen molar-refractivity contribution in [2.75, 3.05) is 30.6 Å². The van der Waals surface area contributed by atoms with E-state index in [2.05, 4.69) is 5.32 Å². The summed E-state index contributed by atoms with van der Waals surface area (Å²) in [5.74, 6) is -0.283. The predicted octanol–water partition coefficient (Wildman–Crippen LogP) is 2.41. The Bertz CT molecular complexity index is 799. The lowest BCUT2D eigenvalue weighted by molar-refractivity contribution is 0.102. The average molecular weight is 318 g/mol. The van der Waals surface area contributed by atoms with Crippen LogP contribution in [0.1, 0.15) is 10.4 Å². The Hall–Kier alpha value is -2.34. The van der Waals surface area contributed by atoms with Gasteiger partial charge < -0.3 is 10.2 Å². The molecule has 0 aromatic heterocycles. The number of amides is 1. The van der Waals surface area contributed by atoms with E-state index in [-0.39, 0.29) is 10.8 Å². The second kappa shape index (κ2) is 6.19. The molecule has 0 heterocycles. The Labute approximate surface area is 130 Å². The lowest BCUT2D eigenvalue weighted by Gasteiger charge is -2.13. The molecular weight excluding hydrogens is 300 g/mol. The molecule has 0 aliphatic rings. The van der Waals surface area contributed by atoms with Gasteiger partial charge in [-0.1, -0.05) is 12.1 Å². The standard InChI is InChI=1S/C16H18N2O3S/c1-18(2)14-8-4-6-12(10-14)16(19)17-13-7-5-9-15(11-13)22(3,20)21/h4-11H,1-3H3,(H,17,19). The Morgan fingerprint density at radius 3 is 2.36 bits per heavy atom. The molecule has 6 heteroatoms. The number of hydrogen-bond donors (Lipinski definition) is 1. The minimum atomic E-state index is -3.30. The Morgan fingerprint density at radius 1 is 1.05 bits per heavy atom. The molecule has 0 atom stereocenters. The number of nitrogens with zero attached hydrogens (tertiary/aromatic N) is 1. The maximum atomic E-state index is 12.3. The van der Waals surface area contributed by atoms with Gasteiger partial charge in [-0.2, -0.15) is 0 Å². The third-order valence-electron chi connectivity index (χ3n) is 3.14. The monoisotopic (exact) mass is 318 g/mol. The second-order valence-corrected chi connectivity index (χ2v) is 7.21. The van der Waals surface area contributed by atoms with E-state index in [1.165, 1.54) is 12.1 Å². The van der Waals surface area contributed by atoms with E-state index in [1.54, 1.807) is 30.3 Å². The summed E-state index contributed by atoms with van der Waals surface area (Å²) in [6.45, 7) is 0. The number of benzene rings is 2. The largest absolute Gasteiger partial charge is 0.378 e. The minimum Gasteiger partial charge on any atom is -0.378 e. The van der Waals surface area contributed by atoms with Crippen LogP contribution in [0.3, 0.4) is 0 Å². The van der Waals surface area contributed by atoms with Crippen molar-refractivity contribution in [3.05, 3.63) is 54.1 Å². The minimum absolute atomic E-state index is 0.173. The smallest absolute Gasteiger partial charge is 0.255 e. The maximum absolute atomic E-state index is 12.3. The molecule has 0 saturated heterocycles. The van der Waals surface area contributed by atoms with E-state index in [9.17, 15) is 13.2 Å². The highest BCUT2D eigenvalue weighted by atomic mass is 32.2. The highest BCUT2D eigenvalue weighted by molar-refractivity contribution is 7.90. The van der Waals surface area contributed by atoms with Crippen molar-refractivity contribution >= 4 is 27.1 Å². The molecule has 0 fully saturated rings. The molecule has 0 bridgehead atoms. The van der Waals surface area contributed by atoms with Gasteiger partial charge in [-0.15, -0.1) is 0 Å². The number of anilines is 2. The lowest BCUT2D eigenvalue weighted by atomic mass is 10.1. The van der Waals surface area contributed by atoms with Crippen LogP contribution < -0.4 is 10.2 Å². The van der Waals surface area contributed by atoms with E-state index in [4.69, 9.17) is 0 Å². The molecule has 2 aromatic carbocycles. The van der Waals surface area contributed by atoms with Crippen LogP contribution >= 0.6 is 0 Å². The van der Waals surface area contributed by atoms with E-state index in [0.29, 0.717) is 11.3 Å². The van der Waals surface area contributed by atoms with Crippen molar-refractivity contribution < 1.29 is 13.2 Å². The molecule has 22 heavy (non-hydrogen) atoms. The van der Waals surface area contributed by atoms with Crippen LogP contribution in [0, 0.1) is 0 Å². The van der Waals surface area contributed by atoms with Crippen molar-refractivity contribution in [2.45, 2.75) is 4.90 Å². The molecule has 0 saturated carbocycles. The molecule has 0 spiro atoms. The number of rotatable bonds is 4. The van der Waals surface area contributed by atoms with Crippen molar-refractivity contribution in [1.82, 2.24) is 0 Å².